The van der Waals surface area contributed by atoms with Crippen LogP contribution < -0.4 is 5.32 Å². The second kappa shape index (κ2) is 8.01. The summed E-state index contributed by atoms with van der Waals surface area (Å²) in [5, 5.41) is 15.8. The molecule has 1 heterocycles. The van der Waals surface area contributed by atoms with Crippen LogP contribution >= 0.6 is 11.8 Å². The zero-order chi connectivity index (χ0) is 14.2. The van der Waals surface area contributed by atoms with E-state index in [-0.39, 0.29) is 0 Å². The molecule has 1 aromatic carbocycles. The third kappa shape index (κ3) is 4.94. The fraction of sp³-hybridized carbons (Fsp3) is 0.500. The maximum absolute atomic E-state index is 3.95. The van der Waals surface area contributed by atoms with Gasteiger partial charge >= 0.3 is 0 Å². The molecule has 0 radical (unpaired) electrons. The first kappa shape index (κ1) is 15.0. The maximum Gasteiger partial charge on any atom is 0.209 e. The molecule has 108 valence electrons. The zero-order valence-corrected chi connectivity index (χ0v) is 12.8. The van der Waals surface area contributed by atoms with E-state index in [0.717, 1.165) is 30.3 Å². The topological polar surface area (TPSA) is 55.6 Å². The van der Waals surface area contributed by atoms with Crippen molar-refractivity contribution in [3.8, 4) is 0 Å². The van der Waals surface area contributed by atoms with E-state index in [1.54, 1.807) is 16.4 Å². The van der Waals surface area contributed by atoms with Gasteiger partial charge in [-0.25, -0.2) is 4.68 Å². The lowest BCUT2D eigenvalue weighted by molar-refractivity contribution is 0.532. The van der Waals surface area contributed by atoms with E-state index < -0.39 is 0 Å². The summed E-state index contributed by atoms with van der Waals surface area (Å²) in [6, 6.07) is 11.1. The Balaban J connectivity index is 1.58. The van der Waals surface area contributed by atoms with Gasteiger partial charge in [0.2, 0.25) is 5.16 Å². The Morgan fingerprint density at radius 1 is 1.30 bits per heavy atom. The van der Waals surface area contributed by atoms with Crippen molar-refractivity contribution in [1.82, 2.24) is 25.5 Å². The van der Waals surface area contributed by atoms with Gasteiger partial charge in [-0.15, -0.1) is 5.10 Å². The SMILES string of the molecule is C[C@@H](CCc1ccccc1)NCCSc1nnnn1C. The van der Waals surface area contributed by atoms with Gasteiger partial charge in [-0.3, -0.25) is 0 Å². The summed E-state index contributed by atoms with van der Waals surface area (Å²) >= 11 is 1.67. The van der Waals surface area contributed by atoms with Crippen LogP contribution in [-0.4, -0.2) is 38.5 Å². The van der Waals surface area contributed by atoms with E-state index in [2.05, 4.69) is 58.1 Å². The monoisotopic (exact) mass is 291 g/mol. The van der Waals surface area contributed by atoms with Gasteiger partial charge in [0.15, 0.2) is 0 Å². The highest BCUT2D eigenvalue weighted by atomic mass is 32.2. The van der Waals surface area contributed by atoms with Crippen molar-refractivity contribution in [2.75, 3.05) is 12.3 Å². The fourth-order valence-electron chi connectivity index (χ4n) is 1.92. The van der Waals surface area contributed by atoms with Crippen LogP contribution in [0.3, 0.4) is 0 Å². The lowest BCUT2D eigenvalue weighted by Gasteiger charge is -2.13. The Morgan fingerprint density at radius 3 is 2.80 bits per heavy atom. The number of benzene rings is 1. The first-order valence-corrected chi connectivity index (χ1v) is 7.86. The molecule has 0 aliphatic heterocycles. The molecule has 0 fully saturated rings. The van der Waals surface area contributed by atoms with Crippen LogP contribution in [-0.2, 0) is 13.5 Å². The average molecular weight is 291 g/mol. The van der Waals surface area contributed by atoms with Crippen LogP contribution in [0.25, 0.3) is 0 Å². The molecule has 0 aliphatic rings. The first-order chi connectivity index (χ1) is 9.75. The maximum atomic E-state index is 3.95. The minimum Gasteiger partial charge on any atom is -0.313 e. The molecule has 6 heteroatoms. The quantitative estimate of drug-likeness (QED) is 0.595. The molecule has 1 atom stereocenters. The van der Waals surface area contributed by atoms with E-state index in [9.17, 15) is 0 Å². The standard InChI is InChI=1S/C14H21N5S/c1-12(8-9-13-6-4-3-5-7-13)15-10-11-20-14-16-17-18-19(14)2/h3-7,12,15H,8-11H2,1-2H3/t12-/m0/s1. The van der Waals surface area contributed by atoms with E-state index in [1.165, 1.54) is 5.56 Å². The van der Waals surface area contributed by atoms with E-state index in [0.29, 0.717) is 6.04 Å². The van der Waals surface area contributed by atoms with Gasteiger partial charge in [-0.05, 0) is 35.8 Å². The van der Waals surface area contributed by atoms with Crippen molar-refractivity contribution in [2.24, 2.45) is 7.05 Å². The van der Waals surface area contributed by atoms with Gasteiger partial charge in [0, 0.05) is 25.4 Å². The minimum absolute atomic E-state index is 0.522. The van der Waals surface area contributed by atoms with E-state index >= 15 is 0 Å². The molecule has 0 bridgehead atoms. The lowest BCUT2D eigenvalue weighted by atomic mass is 10.1. The Kier molecular flexibility index (Phi) is 6.01. The largest absolute Gasteiger partial charge is 0.313 e. The van der Waals surface area contributed by atoms with E-state index in [4.69, 9.17) is 0 Å². The summed E-state index contributed by atoms with van der Waals surface area (Å²) in [5.74, 6) is 0.976. The zero-order valence-electron chi connectivity index (χ0n) is 12.0. The fourth-order valence-corrected chi connectivity index (χ4v) is 2.64. The number of tetrazole rings is 1. The van der Waals surface area contributed by atoms with Crippen LogP contribution in [0.15, 0.2) is 35.5 Å². The van der Waals surface area contributed by atoms with Crippen molar-refractivity contribution >= 4 is 11.8 Å². The number of nitrogens with one attached hydrogen (secondary N) is 1. The number of aryl methyl sites for hydroxylation is 2. The lowest BCUT2D eigenvalue weighted by Crippen LogP contribution is -2.28. The van der Waals surface area contributed by atoms with Crippen molar-refractivity contribution in [1.29, 1.82) is 0 Å². The summed E-state index contributed by atoms with van der Waals surface area (Å²) in [7, 11) is 1.86. The molecule has 0 aliphatic carbocycles. The number of nitrogens with zero attached hydrogens (tertiary/aromatic N) is 4. The number of aromatic nitrogens is 4. The molecule has 0 spiro atoms. The third-order valence-corrected chi connectivity index (χ3v) is 4.13. The third-order valence-electron chi connectivity index (χ3n) is 3.12. The molecule has 0 amide bonds. The van der Waals surface area contributed by atoms with Crippen LogP contribution in [0.4, 0.5) is 0 Å². The van der Waals surface area contributed by atoms with Gasteiger partial charge in [0.25, 0.3) is 0 Å². The summed E-state index contributed by atoms with van der Waals surface area (Å²) in [6.45, 7) is 3.20. The molecule has 2 rings (SSSR count). The molecule has 20 heavy (non-hydrogen) atoms. The minimum atomic E-state index is 0.522. The summed E-state index contributed by atoms with van der Waals surface area (Å²) in [6.07, 6.45) is 2.27. The normalized spacial score (nSPS) is 12.5. The van der Waals surface area contributed by atoms with E-state index in [1.807, 2.05) is 7.05 Å². The van der Waals surface area contributed by atoms with Gasteiger partial charge in [-0.2, -0.15) is 0 Å². The summed E-state index contributed by atoms with van der Waals surface area (Å²) in [5.41, 5.74) is 1.40. The van der Waals surface area contributed by atoms with Gasteiger partial charge in [-0.1, -0.05) is 42.1 Å². The van der Waals surface area contributed by atoms with Gasteiger partial charge in [0.05, 0.1) is 0 Å². The highest BCUT2D eigenvalue weighted by Gasteiger charge is 2.04. The Hall–Kier alpha value is -1.40. The first-order valence-electron chi connectivity index (χ1n) is 6.88. The number of thioether (sulfide) groups is 1. The Bertz CT molecular complexity index is 499. The molecule has 5 nitrogen and oxygen atoms in total. The second-order valence-corrected chi connectivity index (χ2v) is 5.88. The van der Waals surface area contributed by atoms with Crippen LogP contribution in [0.5, 0.6) is 0 Å². The molecule has 0 saturated heterocycles. The average Bonchev–Trinajstić information content (AvgIpc) is 2.88. The molecular weight excluding hydrogens is 270 g/mol. The molecule has 1 N–H and O–H groups in total. The van der Waals surface area contributed by atoms with Crippen LogP contribution in [0.2, 0.25) is 0 Å². The number of rotatable bonds is 8. The number of hydrogen-bond acceptors (Lipinski definition) is 5. The molecule has 0 unspecified atom stereocenters. The smallest absolute Gasteiger partial charge is 0.209 e. The second-order valence-electron chi connectivity index (χ2n) is 4.81. The molecule has 1 aromatic heterocycles. The van der Waals surface area contributed by atoms with Crippen LogP contribution in [0.1, 0.15) is 18.9 Å². The predicted octanol–water partition coefficient (Wildman–Crippen LogP) is 1.91. The van der Waals surface area contributed by atoms with Gasteiger partial charge in [0.1, 0.15) is 0 Å². The summed E-state index contributed by atoms with van der Waals surface area (Å²) in [4.78, 5) is 0. The van der Waals surface area contributed by atoms with Crippen LogP contribution in [0, 0.1) is 0 Å². The van der Waals surface area contributed by atoms with Crippen molar-refractivity contribution in [3.63, 3.8) is 0 Å². The molecule has 0 saturated carbocycles. The van der Waals surface area contributed by atoms with Crippen molar-refractivity contribution in [3.05, 3.63) is 35.9 Å². The molecular formula is C14H21N5S. The van der Waals surface area contributed by atoms with Crippen molar-refractivity contribution in [2.45, 2.75) is 31.0 Å². The predicted molar refractivity (Wildman–Crippen MR) is 81.7 cm³/mol. The number of hydrogen-bond donors (Lipinski definition) is 1. The Labute approximate surface area is 124 Å². The van der Waals surface area contributed by atoms with Gasteiger partial charge < -0.3 is 5.32 Å². The highest BCUT2D eigenvalue weighted by molar-refractivity contribution is 7.99. The van der Waals surface area contributed by atoms with Crippen molar-refractivity contribution < 1.29 is 0 Å². The molecule has 2 aromatic rings. The Morgan fingerprint density at radius 2 is 2.10 bits per heavy atom. The summed E-state index contributed by atoms with van der Waals surface area (Å²) < 4.78 is 1.70. The highest BCUT2D eigenvalue weighted by Crippen LogP contribution is 2.11.